The largest absolute Gasteiger partial charge is 0.488 e. The van der Waals surface area contributed by atoms with Crippen LogP contribution in [-0.4, -0.2) is 98.2 Å². The molecular formula is C23H38N4O4. The predicted molar refractivity (Wildman–Crippen MR) is 123 cm³/mol. The zero-order chi connectivity index (χ0) is 23.1. The lowest BCUT2D eigenvalue weighted by atomic mass is 9.99. The van der Waals surface area contributed by atoms with Gasteiger partial charge in [0.2, 0.25) is 5.91 Å². The summed E-state index contributed by atoms with van der Waals surface area (Å²) in [6.45, 7) is 5.81. The van der Waals surface area contributed by atoms with Crippen molar-refractivity contribution < 1.29 is 19.4 Å². The zero-order valence-corrected chi connectivity index (χ0v) is 19.7. The van der Waals surface area contributed by atoms with Gasteiger partial charge in [-0.2, -0.15) is 0 Å². The topological polar surface area (TPSA) is 85.3 Å². The standard InChI is InChI=1S/C23H38N4O4/c1-16-13-27(17(2)15-28)23(30)19-12-18(24-22(29)8-7-11-25(3)4)9-10-20(19)31-21(16)14-26(5)6/h9-10,12,16-17,21,28H,7-8,11,13-15H2,1-6H3,(H,24,29)/t16-,17-,21+/m1/s1. The van der Waals surface area contributed by atoms with Crippen LogP contribution < -0.4 is 10.1 Å². The Balaban J connectivity index is 2.30. The van der Waals surface area contributed by atoms with Crippen LogP contribution in [0.1, 0.15) is 37.0 Å². The third-order valence-electron chi connectivity index (χ3n) is 5.50. The number of aliphatic hydroxyl groups is 1. The SMILES string of the molecule is C[C@@H]1CN([C@H](C)CO)C(=O)c2cc(NC(=O)CCCN(C)C)ccc2O[C@H]1CN(C)C. The van der Waals surface area contributed by atoms with E-state index in [2.05, 4.69) is 17.1 Å². The van der Waals surface area contributed by atoms with Crippen LogP contribution in [0.2, 0.25) is 0 Å². The lowest BCUT2D eigenvalue weighted by Crippen LogP contribution is -2.49. The molecule has 2 amide bonds. The highest BCUT2D eigenvalue weighted by atomic mass is 16.5. The lowest BCUT2D eigenvalue weighted by Gasteiger charge is -2.37. The number of amides is 2. The lowest BCUT2D eigenvalue weighted by molar-refractivity contribution is -0.116. The molecule has 0 radical (unpaired) electrons. The minimum absolute atomic E-state index is 0.0827. The van der Waals surface area contributed by atoms with Gasteiger partial charge in [0.1, 0.15) is 11.9 Å². The number of nitrogens with zero attached hydrogens (tertiary/aromatic N) is 3. The van der Waals surface area contributed by atoms with Crippen LogP contribution in [0, 0.1) is 5.92 Å². The summed E-state index contributed by atoms with van der Waals surface area (Å²) in [5.41, 5.74) is 0.974. The van der Waals surface area contributed by atoms with Gasteiger partial charge < -0.3 is 29.9 Å². The van der Waals surface area contributed by atoms with E-state index >= 15 is 0 Å². The molecule has 1 aromatic rings. The van der Waals surface area contributed by atoms with E-state index in [1.165, 1.54) is 0 Å². The van der Waals surface area contributed by atoms with E-state index in [1.54, 1.807) is 23.1 Å². The summed E-state index contributed by atoms with van der Waals surface area (Å²) in [6, 6.07) is 4.89. The van der Waals surface area contributed by atoms with Crippen molar-refractivity contribution in [2.75, 3.05) is 59.7 Å². The van der Waals surface area contributed by atoms with E-state index in [0.29, 0.717) is 36.5 Å². The van der Waals surface area contributed by atoms with Crippen LogP contribution >= 0.6 is 0 Å². The molecule has 0 spiro atoms. The molecule has 0 bridgehead atoms. The Hall–Kier alpha value is -2.16. The second kappa shape index (κ2) is 11.5. The fourth-order valence-corrected chi connectivity index (χ4v) is 3.66. The number of carbonyl (C=O) groups is 2. The summed E-state index contributed by atoms with van der Waals surface area (Å²) in [5, 5.41) is 12.6. The number of hydrogen-bond acceptors (Lipinski definition) is 6. The molecule has 1 heterocycles. The number of ether oxygens (including phenoxy) is 1. The third-order valence-corrected chi connectivity index (χ3v) is 5.50. The van der Waals surface area contributed by atoms with Gasteiger partial charge in [-0.1, -0.05) is 6.92 Å². The van der Waals surface area contributed by atoms with Crippen molar-refractivity contribution in [1.29, 1.82) is 0 Å². The van der Waals surface area contributed by atoms with Crippen LogP contribution in [0.15, 0.2) is 18.2 Å². The summed E-state index contributed by atoms with van der Waals surface area (Å²) >= 11 is 0. The number of carbonyl (C=O) groups excluding carboxylic acids is 2. The molecule has 0 fully saturated rings. The molecule has 1 aromatic carbocycles. The van der Waals surface area contributed by atoms with Gasteiger partial charge in [-0.3, -0.25) is 9.59 Å². The fraction of sp³-hybridized carbons (Fsp3) is 0.652. The molecule has 8 nitrogen and oxygen atoms in total. The fourth-order valence-electron chi connectivity index (χ4n) is 3.66. The number of benzene rings is 1. The van der Waals surface area contributed by atoms with Gasteiger partial charge >= 0.3 is 0 Å². The molecule has 0 saturated carbocycles. The summed E-state index contributed by atoms with van der Waals surface area (Å²) in [5.74, 6) is 0.310. The monoisotopic (exact) mass is 434 g/mol. The minimum Gasteiger partial charge on any atom is -0.488 e. The first kappa shape index (κ1) is 25.1. The molecular weight excluding hydrogens is 396 g/mol. The molecule has 31 heavy (non-hydrogen) atoms. The summed E-state index contributed by atoms with van der Waals surface area (Å²) in [7, 11) is 7.93. The van der Waals surface area contributed by atoms with Gasteiger partial charge in [-0.25, -0.2) is 0 Å². The van der Waals surface area contributed by atoms with Crippen molar-refractivity contribution in [2.45, 2.75) is 38.8 Å². The van der Waals surface area contributed by atoms with Crippen molar-refractivity contribution in [3.8, 4) is 5.75 Å². The molecule has 1 aliphatic rings. The first-order valence-corrected chi connectivity index (χ1v) is 10.9. The maximum Gasteiger partial charge on any atom is 0.258 e. The van der Waals surface area contributed by atoms with E-state index < -0.39 is 0 Å². The summed E-state index contributed by atoms with van der Waals surface area (Å²) in [4.78, 5) is 31.5. The van der Waals surface area contributed by atoms with E-state index in [9.17, 15) is 14.7 Å². The zero-order valence-electron chi connectivity index (χ0n) is 19.7. The highest BCUT2D eigenvalue weighted by Gasteiger charge is 2.33. The van der Waals surface area contributed by atoms with Crippen LogP contribution in [0.5, 0.6) is 5.75 Å². The van der Waals surface area contributed by atoms with E-state index in [4.69, 9.17) is 4.74 Å². The number of fused-ring (bicyclic) bond motifs is 1. The van der Waals surface area contributed by atoms with Gasteiger partial charge in [0.25, 0.3) is 5.91 Å². The molecule has 3 atom stereocenters. The Kier molecular flexibility index (Phi) is 9.28. The summed E-state index contributed by atoms with van der Waals surface area (Å²) in [6.07, 6.45) is 1.06. The quantitative estimate of drug-likeness (QED) is 0.616. The van der Waals surface area contributed by atoms with Gasteiger partial charge in [-0.05, 0) is 66.3 Å². The molecule has 0 unspecified atom stereocenters. The molecule has 0 aromatic heterocycles. The second-order valence-electron chi connectivity index (χ2n) is 9.05. The number of hydrogen-bond donors (Lipinski definition) is 2. The van der Waals surface area contributed by atoms with Gasteiger partial charge in [0.05, 0.1) is 18.2 Å². The van der Waals surface area contributed by atoms with Crippen LogP contribution in [0.25, 0.3) is 0 Å². The van der Waals surface area contributed by atoms with Crippen molar-refractivity contribution in [1.82, 2.24) is 14.7 Å². The molecule has 174 valence electrons. The van der Waals surface area contributed by atoms with Crippen molar-refractivity contribution in [2.24, 2.45) is 5.92 Å². The highest BCUT2D eigenvalue weighted by molar-refractivity contribution is 5.99. The molecule has 2 N–H and O–H groups in total. The van der Waals surface area contributed by atoms with Crippen LogP contribution in [-0.2, 0) is 4.79 Å². The van der Waals surface area contributed by atoms with Crippen LogP contribution in [0.4, 0.5) is 5.69 Å². The molecule has 2 rings (SSSR count). The highest BCUT2D eigenvalue weighted by Crippen LogP contribution is 2.30. The summed E-state index contributed by atoms with van der Waals surface area (Å²) < 4.78 is 6.27. The first-order valence-electron chi connectivity index (χ1n) is 10.9. The maximum atomic E-state index is 13.4. The average molecular weight is 435 g/mol. The number of aliphatic hydroxyl groups excluding tert-OH is 1. The Morgan fingerprint density at radius 1 is 1.29 bits per heavy atom. The average Bonchev–Trinajstić information content (AvgIpc) is 2.69. The number of rotatable bonds is 9. The van der Waals surface area contributed by atoms with Crippen LogP contribution in [0.3, 0.4) is 0 Å². The Morgan fingerprint density at radius 3 is 2.61 bits per heavy atom. The molecule has 8 heteroatoms. The Morgan fingerprint density at radius 2 is 2.00 bits per heavy atom. The van der Waals surface area contributed by atoms with Crippen molar-refractivity contribution >= 4 is 17.5 Å². The second-order valence-corrected chi connectivity index (χ2v) is 9.05. The van der Waals surface area contributed by atoms with Gasteiger partial charge in [0, 0.05) is 31.1 Å². The molecule has 0 aliphatic carbocycles. The normalized spacial score (nSPS) is 20.2. The predicted octanol–water partition coefficient (Wildman–Crippen LogP) is 1.75. The number of anilines is 1. The van der Waals surface area contributed by atoms with E-state index in [-0.39, 0.29) is 36.5 Å². The van der Waals surface area contributed by atoms with Gasteiger partial charge in [-0.15, -0.1) is 0 Å². The van der Waals surface area contributed by atoms with Crippen molar-refractivity contribution in [3.63, 3.8) is 0 Å². The van der Waals surface area contributed by atoms with Crippen molar-refractivity contribution in [3.05, 3.63) is 23.8 Å². The van der Waals surface area contributed by atoms with Gasteiger partial charge in [0.15, 0.2) is 0 Å². The Labute approximate surface area is 186 Å². The van der Waals surface area contributed by atoms with E-state index in [1.807, 2.05) is 40.0 Å². The third kappa shape index (κ3) is 7.19. The maximum absolute atomic E-state index is 13.4. The van der Waals surface area contributed by atoms with E-state index in [0.717, 1.165) is 13.0 Å². The molecule has 0 saturated heterocycles. The first-order chi connectivity index (χ1) is 14.6. The Bertz CT molecular complexity index is 753. The molecule has 1 aliphatic heterocycles. The number of nitrogens with one attached hydrogen (secondary N) is 1. The smallest absolute Gasteiger partial charge is 0.258 e. The number of likely N-dealkylation sites (N-methyl/N-ethyl adjacent to an activating group) is 1. The minimum atomic E-state index is -0.315.